The van der Waals surface area contributed by atoms with Gasteiger partial charge in [-0.2, -0.15) is 0 Å². The minimum Gasteiger partial charge on any atom is -0.467 e. The number of rotatable bonds is 7. The second kappa shape index (κ2) is 8.16. The van der Waals surface area contributed by atoms with Crippen LogP contribution in [0, 0.1) is 27.9 Å². The molecule has 2 bridgehead atoms. The summed E-state index contributed by atoms with van der Waals surface area (Å²) >= 11 is 0. The Labute approximate surface area is 164 Å². The van der Waals surface area contributed by atoms with Crippen LogP contribution in [0.25, 0.3) is 0 Å². The molecule has 28 heavy (non-hydrogen) atoms. The molecule has 152 valence electrons. The average Bonchev–Trinajstić information content (AvgIpc) is 3.30. The molecule has 5 atom stereocenters. The van der Waals surface area contributed by atoms with Crippen LogP contribution in [0.5, 0.6) is 0 Å². The Hall–Kier alpha value is -2.64. The Kier molecular flexibility index (Phi) is 5.86. The number of carbonyl (C=O) groups is 2. The molecular formula is C20H27N3O5. The van der Waals surface area contributed by atoms with E-state index in [9.17, 15) is 19.7 Å². The number of fused-ring (bicyclic) bond motifs is 2. The van der Waals surface area contributed by atoms with Gasteiger partial charge in [-0.15, -0.1) is 0 Å². The lowest BCUT2D eigenvalue weighted by atomic mass is 9.84. The van der Waals surface area contributed by atoms with Crippen LogP contribution < -0.4 is 10.6 Å². The van der Waals surface area contributed by atoms with Crippen molar-refractivity contribution in [1.82, 2.24) is 5.32 Å². The number of ether oxygens (including phenoxy) is 1. The number of amides is 1. The topological polar surface area (TPSA) is 111 Å². The summed E-state index contributed by atoms with van der Waals surface area (Å²) in [5.41, 5.74) is 0.395. The van der Waals surface area contributed by atoms with Crippen molar-refractivity contribution in [1.29, 1.82) is 0 Å². The lowest BCUT2D eigenvalue weighted by Gasteiger charge is -2.29. The predicted octanol–water partition coefficient (Wildman–Crippen LogP) is 3.12. The first-order chi connectivity index (χ1) is 13.3. The van der Waals surface area contributed by atoms with E-state index in [4.69, 9.17) is 0 Å². The molecule has 0 aromatic heterocycles. The molecule has 2 fully saturated rings. The van der Waals surface area contributed by atoms with Crippen LogP contribution in [0.4, 0.5) is 11.4 Å². The molecule has 2 aliphatic carbocycles. The molecule has 8 heteroatoms. The number of hydrogen-bond donors (Lipinski definition) is 2. The Bertz CT molecular complexity index is 781. The van der Waals surface area contributed by atoms with Crippen LogP contribution in [-0.2, 0) is 9.53 Å². The number of nitrogens with zero attached hydrogens (tertiary/aromatic N) is 1. The highest BCUT2D eigenvalue weighted by molar-refractivity contribution is 5.97. The third kappa shape index (κ3) is 4.10. The van der Waals surface area contributed by atoms with E-state index in [0.29, 0.717) is 17.5 Å². The zero-order valence-corrected chi connectivity index (χ0v) is 16.4. The van der Waals surface area contributed by atoms with Crippen LogP contribution in [0.2, 0.25) is 0 Å². The molecule has 0 aliphatic heterocycles. The number of nitro groups is 1. The summed E-state index contributed by atoms with van der Waals surface area (Å²) in [6, 6.07) is 3.64. The van der Waals surface area contributed by atoms with Gasteiger partial charge in [0.1, 0.15) is 11.7 Å². The SMILES string of the molecule is COC(=O)C(C)NC(=O)c1ccc(NC(C)C2CC3CCC2C3)c([N+](=O)[O-])c1. The van der Waals surface area contributed by atoms with E-state index in [0.717, 1.165) is 5.92 Å². The van der Waals surface area contributed by atoms with Gasteiger partial charge in [0.2, 0.25) is 0 Å². The van der Waals surface area contributed by atoms with E-state index >= 15 is 0 Å². The summed E-state index contributed by atoms with van der Waals surface area (Å²) < 4.78 is 4.57. The second-order valence-corrected chi connectivity index (χ2v) is 7.98. The Morgan fingerprint density at radius 2 is 2.00 bits per heavy atom. The average molecular weight is 389 g/mol. The Morgan fingerprint density at radius 3 is 2.57 bits per heavy atom. The quantitative estimate of drug-likeness (QED) is 0.421. The molecule has 2 aliphatic rings. The van der Waals surface area contributed by atoms with E-state index in [1.807, 2.05) is 0 Å². The standard InChI is InChI=1S/C20H27N3O5/c1-11(16-9-13-4-5-14(16)8-13)21-17-7-6-15(10-18(17)23(26)27)19(24)22-12(2)20(25)28-3/h6-7,10-14,16,21H,4-5,8-9H2,1-3H3,(H,22,24). The maximum atomic E-state index is 12.3. The van der Waals surface area contributed by atoms with E-state index in [1.165, 1.54) is 51.8 Å². The van der Waals surface area contributed by atoms with E-state index in [2.05, 4.69) is 22.3 Å². The van der Waals surface area contributed by atoms with Crippen molar-refractivity contribution in [2.24, 2.45) is 17.8 Å². The van der Waals surface area contributed by atoms with Crippen LogP contribution in [0.3, 0.4) is 0 Å². The second-order valence-electron chi connectivity index (χ2n) is 7.98. The van der Waals surface area contributed by atoms with Gasteiger partial charge in [0.05, 0.1) is 12.0 Å². The van der Waals surface area contributed by atoms with Crippen LogP contribution in [0.1, 0.15) is 49.9 Å². The predicted molar refractivity (Wildman–Crippen MR) is 104 cm³/mol. The van der Waals surface area contributed by atoms with Crippen LogP contribution in [-0.4, -0.2) is 36.0 Å². The van der Waals surface area contributed by atoms with Gasteiger partial charge in [0.25, 0.3) is 11.6 Å². The van der Waals surface area contributed by atoms with Crippen molar-refractivity contribution in [3.8, 4) is 0 Å². The molecule has 3 rings (SSSR count). The van der Waals surface area contributed by atoms with E-state index < -0.39 is 22.8 Å². The molecule has 2 N–H and O–H groups in total. The third-order valence-corrected chi connectivity index (χ3v) is 6.18. The maximum absolute atomic E-state index is 12.3. The maximum Gasteiger partial charge on any atom is 0.328 e. The number of nitrogens with one attached hydrogen (secondary N) is 2. The van der Waals surface area contributed by atoms with Crippen molar-refractivity contribution in [3.63, 3.8) is 0 Å². The zero-order chi connectivity index (χ0) is 20.4. The molecule has 0 heterocycles. The summed E-state index contributed by atoms with van der Waals surface area (Å²) in [5, 5.41) is 17.3. The lowest BCUT2D eigenvalue weighted by molar-refractivity contribution is -0.384. The molecule has 2 saturated carbocycles. The summed E-state index contributed by atoms with van der Waals surface area (Å²) in [7, 11) is 1.23. The molecule has 1 amide bonds. The molecular weight excluding hydrogens is 362 g/mol. The summed E-state index contributed by atoms with van der Waals surface area (Å²) in [5.74, 6) is 0.894. The van der Waals surface area contributed by atoms with Gasteiger partial charge in [0.15, 0.2) is 0 Å². The lowest BCUT2D eigenvalue weighted by Crippen LogP contribution is -2.39. The molecule has 5 unspecified atom stereocenters. The van der Waals surface area contributed by atoms with Gasteiger partial charge in [-0.05, 0) is 63.0 Å². The summed E-state index contributed by atoms with van der Waals surface area (Å²) in [6.45, 7) is 3.57. The first kappa shape index (κ1) is 20.1. The molecule has 1 aromatic rings. The molecule has 1 aromatic carbocycles. The first-order valence-corrected chi connectivity index (χ1v) is 9.73. The highest BCUT2D eigenvalue weighted by Gasteiger charge is 2.42. The number of anilines is 1. The van der Waals surface area contributed by atoms with Crippen molar-refractivity contribution >= 4 is 23.3 Å². The first-order valence-electron chi connectivity index (χ1n) is 9.73. The van der Waals surface area contributed by atoms with Gasteiger partial charge < -0.3 is 15.4 Å². The molecule has 8 nitrogen and oxygen atoms in total. The molecule has 0 spiro atoms. The van der Waals surface area contributed by atoms with Crippen molar-refractivity contribution in [3.05, 3.63) is 33.9 Å². The number of methoxy groups -OCH3 is 1. The van der Waals surface area contributed by atoms with Crippen molar-refractivity contribution < 1.29 is 19.2 Å². The number of hydrogen-bond acceptors (Lipinski definition) is 6. The molecule has 0 radical (unpaired) electrons. The van der Waals surface area contributed by atoms with Gasteiger partial charge in [0, 0.05) is 17.7 Å². The monoisotopic (exact) mass is 389 g/mol. The van der Waals surface area contributed by atoms with Crippen molar-refractivity contribution in [2.45, 2.75) is 51.6 Å². The van der Waals surface area contributed by atoms with Gasteiger partial charge >= 0.3 is 5.97 Å². The van der Waals surface area contributed by atoms with Gasteiger partial charge in [-0.3, -0.25) is 14.9 Å². The largest absolute Gasteiger partial charge is 0.467 e. The van der Waals surface area contributed by atoms with Crippen LogP contribution >= 0.6 is 0 Å². The Morgan fingerprint density at radius 1 is 1.25 bits per heavy atom. The van der Waals surface area contributed by atoms with Gasteiger partial charge in [-0.1, -0.05) is 6.42 Å². The number of benzene rings is 1. The van der Waals surface area contributed by atoms with Gasteiger partial charge in [-0.25, -0.2) is 4.79 Å². The highest BCUT2D eigenvalue weighted by atomic mass is 16.6. The van der Waals surface area contributed by atoms with Crippen molar-refractivity contribution in [2.75, 3.05) is 12.4 Å². The van der Waals surface area contributed by atoms with E-state index in [1.54, 1.807) is 6.07 Å². The number of carbonyl (C=O) groups excluding carboxylic acids is 2. The minimum absolute atomic E-state index is 0.126. The smallest absolute Gasteiger partial charge is 0.328 e. The normalized spacial score (nSPS) is 25.0. The minimum atomic E-state index is -0.841. The summed E-state index contributed by atoms with van der Waals surface area (Å²) in [6.07, 6.45) is 5.01. The third-order valence-electron chi connectivity index (χ3n) is 6.18. The zero-order valence-electron chi connectivity index (χ0n) is 16.4. The highest BCUT2D eigenvalue weighted by Crippen LogP contribution is 2.50. The Balaban J connectivity index is 1.73. The number of nitro benzene ring substituents is 1. The fraction of sp³-hybridized carbons (Fsp3) is 0.600. The molecule has 0 saturated heterocycles. The van der Waals surface area contributed by atoms with E-state index in [-0.39, 0.29) is 17.3 Å². The fourth-order valence-electron chi connectivity index (χ4n) is 4.72. The van der Waals surface area contributed by atoms with Crippen LogP contribution in [0.15, 0.2) is 18.2 Å². The fourth-order valence-corrected chi connectivity index (χ4v) is 4.72. The summed E-state index contributed by atoms with van der Waals surface area (Å²) in [4.78, 5) is 34.8. The number of esters is 1.